The van der Waals surface area contributed by atoms with Crippen LogP contribution in [-0.2, 0) is 23.7 Å². The Bertz CT molecular complexity index is 666. The Morgan fingerprint density at radius 2 is 1.43 bits per heavy atom. The summed E-state index contributed by atoms with van der Waals surface area (Å²) in [5, 5.41) is 52.6. The van der Waals surface area contributed by atoms with E-state index < -0.39 is 91.7 Å². The molecule has 0 aromatic rings. The molecule has 14 heteroatoms. The van der Waals surface area contributed by atoms with Gasteiger partial charge < -0.3 is 72.2 Å². The molecule has 35 heavy (non-hydrogen) atoms. The summed E-state index contributed by atoms with van der Waals surface area (Å²) in [5.74, 6) is 0. The lowest BCUT2D eigenvalue weighted by Crippen LogP contribution is -2.69. The second-order valence-corrected chi connectivity index (χ2v) is 9.62. The normalized spacial score (nSPS) is 51.3. The van der Waals surface area contributed by atoms with Crippen LogP contribution in [0.15, 0.2) is 0 Å². The van der Waals surface area contributed by atoms with E-state index in [1.807, 2.05) is 6.92 Å². The summed E-state index contributed by atoms with van der Waals surface area (Å²) >= 11 is 0. The molecule has 3 aliphatic rings. The molecule has 3 fully saturated rings. The maximum absolute atomic E-state index is 10.9. The molecule has 0 aromatic carbocycles. The number of aliphatic hydroxyl groups is 5. The summed E-state index contributed by atoms with van der Waals surface area (Å²) in [6, 6.07) is -2.66. The molecular weight excluding hydrogens is 468 g/mol. The zero-order valence-corrected chi connectivity index (χ0v) is 20.1. The first-order valence-electron chi connectivity index (χ1n) is 12.1. The van der Waals surface area contributed by atoms with Crippen LogP contribution in [0.3, 0.4) is 0 Å². The van der Waals surface area contributed by atoms with E-state index >= 15 is 0 Å². The van der Waals surface area contributed by atoms with E-state index in [1.54, 1.807) is 6.92 Å². The Balaban J connectivity index is 1.80. The van der Waals surface area contributed by atoms with Crippen LogP contribution in [0.4, 0.5) is 0 Å². The maximum atomic E-state index is 10.9. The van der Waals surface area contributed by atoms with Gasteiger partial charge in [0.1, 0.15) is 48.8 Å². The topological polar surface area (TPSA) is 251 Å². The number of hydrogen-bond acceptors (Lipinski definition) is 14. The average molecular weight is 511 g/mol. The van der Waals surface area contributed by atoms with Crippen LogP contribution >= 0.6 is 0 Å². The molecule has 14 nitrogen and oxygen atoms in total. The predicted octanol–water partition coefficient (Wildman–Crippen LogP) is -4.83. The summed E-state index contributed by atoms with van der Waals surface area (Å²) < 4.78 is 28.9. The van der Waals surface area contributed by atoms with E-state index in [2.05, 4.69) is 0 Å². The van der Waals surface area contributed by atoms with Gasteiger partial charge in [0.25, 0.3) is 0 Å². The quantitative estimate of drug-likeness (QED) is 0.148. The third-order valence-electron chi connectivity index (χ3n) is 6.92. The summed E-state index contributed by atoms with van der Waals surface area (Å²) in [6.45, 7) is 3.70. The van der Waals surface area contributed by atoms with Crippen LogP contribution < -0.4 is 22.9 Å². The highest BCUT2D eigenvalue weighted by molar-refractivity contribution is 5.01. The molecule has 1 saturated carbocycles. The van der Waals surface area contributed by atoms with Gasteiger partial charge in [-0.1, -0.05) is 6.92 Å². The molecule has 0 aromatic heterocycles. The molecular formula is C21H42N4O10. The molecule has 2 aliphatic heterocycles. The Labute approximate surface area is 204 Å². The first kappa shape index (κ1) is 29.0. The number of hydrogen-bond donors (Lipinski definition) is 9. The predicted molar refractivity (Wildman–Crippen MR) is 120 cm³/mol. The number of ether oxygens (including phenoxy) is 5. The van der Waals surface area contributed by atoms with Crippen LogP contribution in [0.25, 0.3) is 0 Å². The van der Waals surface area contributed by atoms with Crippen LogP contribution in [0.2, 0.25) is 0 Å². The third-order valence-corrected chi connectivity index (χ3v) is 6.92. The lowest BCUT2D eigenvalue weighted by Gasteiger charge is -2.49. The van der Waals surface area contributed by atoms with Crippen molar-refractivity contribution in [3.8, 4) is 0 Å². The summed E-state index contributed by atoms with van der Waals surface area (Å²) in [7, 11) is 0. The minimum atomic E-state index is -1.39. The van der Waals surface area contributed by atoms with Gasteiger partial charge in [0.2, 0.25) is 0 Å². The highest BCUT2D eigenvalue weighted by Crippen LogP contribution is 2.32. The molecule has 0 amide bonds. The molecule has 2 heterocycles. The van der Waals surface area contributed by atoms with Gasteiger partial charge in [-0.25, -0.2) is 0 Å². The third kappa shape index (κ3) is 6.13. The van der Waals surface area contributed by atoms with Gasteiger partial charge in [-0.15, -0.1) is 0 Å². The fourth-order valence-electron chi connectivity index (χ4n) is 4.75. The summed E-state index contributed by atoms with van der Waals surface area (Å²) in [5.41, 5.74) is 24.0. The molecule has 13 N–H and O–H groups in total. The van der Waals surface area contributed by atoms with E-state index in [0.29, 0.717) is 13.0 Å². The van der Waals surface area contributed by atoms with Crippen molar-refractivity contribution in [2.75, 3.05) is 13.2 Å². The number of rotatable bonds is 8. The summed E-state index contributed by atoms with van der Waals surface area (Å²) in [4.78, 5) is 0. The number of nitrogens with two attached hydrogens (primary N) is 4. The molecule has 3 rings (SSSR count). The van der Waals surface area contributed by atoms with Crippen LogP contribution in [-0.4, -0.2) is 130 Å². The van der Waals surface area contributed by atoms with Crippen molar-refractivity contribution < 1.29 is 49.2 Å². The van der Waals surface area contributed by atoms with Gasteiger partial charge >= 0.3 is 0 Å². The molecule has 0 bridgehead atoms. The van der Waals surface area contributed by atoms with E-state index in [1.165, 1.54) is 0 Å². The highest BCUT2D eigenvalue weighted by Gasteiger charge is 2.52. The zero-order valence-electron chi connectivity index (χ0n) is 20.1. The fourth-order valence-corrected chi connectivity index (χ4v) is 4.75. The van der Waals surface area contributed by atoms with Crippen LogP contribution in [0, 0.1) is 0 Å². The zero-order chi connectivity index (χ0) is 26.0. The monoisotopic (exact) mass is 510 g/mol. The molecule has 0 unspecified atom stereocenters. The van der Waals surface area contributed by atoms with Crippen molar-refractivity contribution in [3.05, 3.63) is 0 Å². The smallest absolute Gasteiger partial charge is 0.187 e. The van der Waals surface area contributed by atoms with Gasteiger partial charge in [-0.05, 0) is 19.8 Å². The Kier molecular flexibility index (Phi) is 10.2. The van der Waals surface area contributed by atoms with Gasteiger partial charge in [-0.3, -0.25) is 0 Å². The first-order valence-corrected chi connectivity index (χ1v) is 12.1. The lowest BCUT2D eigenvalue weighted by atomic mass is 9.84. The van der Waals surface area contributed by atoms with Crippen LogP contribution in [0.1, 0.15) is 26.7 Å². The van der Waals surface area contributed by atoms with Crippen molar-refractivity contribution in [1.29, 1.82) is 0 Å². The van der Waals surface area contributed by atoms with Crippen LogP contribution in [0.5, 0.6) is 0 Å². The van der Waals surface area contributed by atoms with Gasteiger partial charge in [0.05, 0.1) is 18.2 Å². The maximum Gasteiger partial charge on any atom is 0.187 e. The largest absolute Gasteiger partial charge is 0.389 e. The van der Waals surface area contributed by atoms with Gasteiger partial charge in [-0.2, -0.15) is 0 Å². The summed E-state index contributed by atoms with van der Waals surface area (Å²) in [6.07, 6.45) is -13.0. The SMILES string of the molecule is CCCO[C@H]1[C@@H](O)[C@H](O[C@@H]2[C@@H](O)[C@H](N)C[C@H](N)[C@H]2O[C@H]2O[C@H](CN)[C@@H](O)[C@H](O)[C@H]2N)O[C@H](C)[C@H]1O. The molecule has 15 atom stereocenters. The molecule has 1 aliphatic carbocycles. The van der Waals surface area contributed by atoms with E-state index in [9.17, 15) is 25.5 Å². The molecule has 2 saturated heterocycles. The van der Waals surface area contributed by atoms with E-state index in [-0.39, 0.29) is 13.0 Å². The van der Waals surface area contributed by atoms with Crippen molar-refractivity contribution >= 4 is 0 Å². The Morgan fingerprint density at radius 3 is 2.06 bits per heavy atom. The first-order chi connectivity index (χ1) is 16.5. The van der Waals surface area contributed by atoms with Gasteiger partial charge in [0.15, 0.2) is 12.6 Å². The minimum absolute atomic E-state index is 0.101. The van der Waals surface area contributed by atoms with Crippen molar-refractivity contribution in [3.63, 3.8) is 0 Å². The average Bonchev–Trinajstić information content (AvgIpc) is 2.82. The second-order valence-electron chi connectivity index (χ2n) is 9.62. The Morgan fingerprint density at radius 1 is 0.771 bits per heavy atom. The second kappa shape index (κ2) is 12.3. The molecule has 0 spiro atoms. The molecule has 206 valence electrons. The molecule has 0 radical (unpaired) electrons. The minimum Gasteiger partial charge on any atom is -0.389 e. The fraction of sp³-hybridized carbons (Fsp3) is 1.00. The Hall–Kier alpha value is -0.560. The van der Waals surface area contributed by atoms with Crippen molar-refractivity contribution in [2.24, 2.45) is 22.9 Å². The lowest BCUT2D eigenvalue weighted by molar-refractivity contribution is -0.341. The van der Waals surface area contributed by atoms with Crippen molar-refractivity contribution in [2.45, 2.75) is 118 Å². The van der Waals surface area contributed by atoms with E-state index in [4.69, 9.17) is 46.6 Å². The highest BCUT2D eigenvalue weighted by atomic mass is 16.7. The van der Waals surface area contributed by atoms with Crippen molar-refractivity contribution in [1.82, 2.24) is 0 Å². The standard InChI is InChI=1S/C21H42N4O10/c1-3-4-31-18-12(26)7(2)32-21(16(18)30)35-19-13(27)8(23)5-9(24)17(19)34-20-11(25)15(29)14(28)10(6-22)33-20/h7-21,26-30H,3-6,22-25H2,1-2H3/t7-,8-,9+,10-,11-,12-,13+,14-,15-,16-,17-,18-,19-,20-,21+/m1/s1. The number of aliphatic hydroxyl groups excluding tert-OH is 5. The van der Waals surface area contributed by atoms with E-state index in [0.717, 1.165) is 0 Å². The van der Waals surface area contributed by atoms with Gasteiger partial charge in [0, 0.05) is 25.2 Å².